The minimum absolute atomic E-state index is 0.132. The van der Waals surface area contributed by atoms with Crippen molar-refractivity contribution < 1.29 is 14.6 Å². The Kier molecular flexibility index (Phi) is 5.53. The van der Waals surface area contributed by atoms with Crippen molar-refractivity contribution >= 4 is 17.4 Å². The maximum atomic E-state index is 11.3. The number of alkyl carbamates (subject to hydrolysis) is 1. The summed E-state index contributed by atoms with van der Waals surface area (Å²) in [6.45, 7) is 3.81. The Bertz CT molecular complexity index is 428. The number of aliphatic hydroxyl groups is 1. The molecule has 0 radical (unpaired) electrons. The van der Waals surface area contributed by atoms with Crippen LogP contribution in [0.2, 0.25) is 0 Å². The summed E-state index contributed by atoms with van der Waals surface area (Å²) >= 11 is 1.51. The fraction of sp³-hybridized carbons (Fsp3) is 0.417. The van der Waals surface area contributed by atoms with E-state index < -0.39 is 6.09 Å². The molecule has 92 valence electrons. The molecule has 0 fully saturated rings. The highest BCUT2D eigenvalue weighted by molar-refractivity contribution is 7.10. The van der Waals surface area contributed by atoms with Crippen molar-refractivity contribution in [1.82, 2.24) is 5.32 Å². The average molecular weight is 253 g/mol. The summed E-state index contributed by atoms with van der Waals surface area (Å²) in [5, 5.41) is 13.2. The van der Waals surface area contributed by atoms with Crippen molar-refractivity contribution in [2.45, 2.75) is 26.5 Å². The summed E-state index contributed by atoms with van der Waals surface area (Å²) < 4.78 is 4.95. The molecule has 4 nitrogen and oxygen atoms in total. The first-order chi connectivity index (χ1) is 8.13. The van der Waals surface area contributed by atoms with Crippen LogP contribution < -0.4 is 5.32 Å². The standard InChI is InChI=1S/C12H15NO3S/c1-9(2)16-12(15)13-8-11-10(4-3-6-14)5-7-17-11/h5,7,9,14H,6,8H2,1-2H3,(H,13,15). The molecule has 0 saturated heterocycles. The van der Waals surface area contributed by atoms with Crippen LogP contribution in [-0.4, -0.2) is 23.9 Å². The van der Waals surface area contributed by atoms with Crippen molar-refractivity contribution in [2.75, 3.05) is 6.61 Å². The van der Waals surface area contributed by atoms with E-state index in [1.807, 2.05) is 11.4 Å². The van der Waals surface area contributed by atoms with Crippen LogP contribution in [-0.2, 0) is 11.3 Å². The van der Waals surface area contributed by atoms with Gasteiger partial charge in [-0.25, -0.2) is 4.79 Å². The lowest BCUT2D eigenvalue weighted by Crippen LogP contribution is -2.26. The van der Waals surface area contributed by atoms with E-state index >= 15 is 0 Å². The number of hydrogen-bond donors (Lipinski definition) is 2. The zero-order valence-electron chi connectivity index (χ0n) is 9.82. The van der Waals surface area contributed by atoms with E-state index in [9.17, 15) is 4.79 Å². The summed E-state index contributed by atoms with van der Waals surface area (Å²) in [4.78, 5) is 12.2. The number of carbonyl (C=O) groups is 1. The first-order valence-corrected chi connectivity index (χ1v) is 6.12. The molecule has 0 aliphatic carbocycles. The summed E-state index contributed by atoms with van der Waals surface area (Å²) in [6, 6.07) is 1.86. The summed E-state index contributed by atoms with van der Waals surface area (Å²) in [5.74, 6) is 5.40. The molecule has 0 unspecified atom stereocenters. The highest BCUT2D eigenvalue weighted by Crippen LogP contribution is 2.15. The van der Waals surface area contributed by atoms with Crippen LogP contribution in [0.3, 0.4) is 0 Å². The second-order valence-corrected chi connectivity index (χ2v) is 4.53. The van der Waals surface area contributed by atoms with Gasteiger partial charge in [-0.05, 0) is 25.3 Å². The molecule has 0 saturated carbocycles. The molecule has 0 atom stereocenters. The number of amides is 1. The lowest BCUT2D eigenvalue weighted by atomic mass is 10.2. The molecule has 5 heteroatoms. The van der Waals surface area contributed by atoms with E-state index in [1.165, 1.54) is 11.3 Å². The molecule has 0 spiro atoms. The molecule has 0 aromatic carbocycles. The van der Waals surface area contributed by atoms with Crippen molar-refractivity contribution in [2.24, 2.45) is 0 Å². The second kappa shape index (κ2) is 6.94. The number of rotatable bonds is 3. The van der Waals surface area contributed by atoms with E-state index in [-0.39, 0.29) is 12.7 Å². The Morgan fingerprint density at radius 2 is 2.41 bits per heavy atom. The number of thiophene rings is 1. The number of hydrogen-bond acceptors (Lipinski definition) is 4. The Morgan fingerprint density at radius 1 is 1.65 bits per heavy atom. The normalized spacial score (nSPS) is 9.65. The van der Waals surface area contributed by atoms with E-state index in [1.54, 1.807) is 13.8 Å². The molecule has 1 amide bonds. The van der Waals surface area contributed by atoms with Crippen molar-refractivity contribution in [3.05, 3.63) is 21.9 Å². The highest BCUT2D eigenvalue weighted by atomic mass is 32.1. The number of ether oxygens (including phenoxy) is 1. The fourth-order valence-electron chi connectivity index (χ4n) is 1.13. The monoisotopic (exact) mass is 253 g/mol. The molecule has 1 rings (SSSR count). The van der Waals surface area contributed by atoms with Gasteiger partial charge in [-0.3, -0.25) is 0 Å². The third kappa shape index (κ3) is 4.89. The smallest absolute Gasteiger partial charge is 0.407 e. The molecule has 1 aromatic heterocycles. The maximum absolute atomic E-state index is 11.3. The van der Waals surface area contributed by atoms with Crippen LogP contribution >= 0.6 is 11.3 Å². The Balaban J connectivity index is 2.52. The van der Waals surface area contributed by atoms with E-state index in [4.69, 9.17) is 9.84 Å². The third-order valence-electron chi connectivity index (χ3n) is 1.78. The zero-order valence-corrected chi connectivity index (χ0v) is 10.6. The van der Waals surface area contributed by atoms with E-state index in [2.05, 4.69) is 17.2 Å². The average Bonchev–Trinajstić information content (AvgIpc) is 2.70. The fourth-order valence-corrected chi connectivity index (χ4v) is 1.90. The van der Waals surface area contributed by atoms with Gasteiger partial charge in [0, 0.05) is 10.4 Å². The molecule has 0 bridgehead atoms. The molecule has 1 aromatic rings. The minimum atomic E-state index is -0.436. The first kappa shape index (κ1) is 13.6. The number of aliphatic hydroxyl groups excluding tert-OH is 1. The van der Waals surface area contributed by atoms with Crippen LogP contribution in [0.4, 0.5) is 4.79 Å². The van der Waals surface area contributed by atoms with E-state index in [0.29, 0.717) is 6.54 Å². The lowest BCUT2D eigenvalue weighted by Gasteiger charge is -2.08. The Morgan fingerprint density at radius 3 is 3.06 bits per heavy atom. The molecule has 0 aliphatic heterocycles. The van der Waals surface area contributed by atoms with Crippen molar-refractivity contribution in [1.29, 1.82) is 0 Å². The van der Waals surface area contributed by atoms with Gasteiger partial charge in [-0.1, -0.05) is 11.8 Å². The van der Waals surface area contributed by atoms with Gasteiger partial charge in [-0.2, -0.15) is 0 Å². The molecule has 0 aliphatic rings. The van der Waals surface area contributed by atoms with Crippen LogP contribution in [0.25, 0.3) is 0 Å². The first-order valence-electron chi connectivity index (χ1n) is 5.24. The zero-order chi connectivity index (χ0) is 12.7. The van der Waals surface area contributed by atoms with Crippen LogP contribution in [0, 0.1) is 11.8 Å². The predicted octanol–water partition coefficient (Wildman–Crippen LogP) is 1.73. The SMILES string of the molecule is CC(C)OC(=O)NCc1sccc1C#CCO. The van der Waals surface area contributed by atoms with Crippen LogP contribution in [0.1, 0.15) is 24.3 Å². The Labute approximate surface area is 105 Å². The predicted molar refractivity (Wildman–Crippen MR) is 66.7 cm³/mol. The molecule has 1 heterocycles. The van der Waals surface area contributed by atoms with Gasteiger partial charge < -0.3 is 15.2 Å². The topological polar surface area (TPSA) is 58.6 Å². The van der Waals surface area contributed by atoms with Gasteiger partial charge in [0.1, 0.15) is 6.61 Å². The molecular weight excluding hydrogens is 238 g/mol. The summed E-state index contributed by atoms with van der Waals surface area (Å²) in [5.41, 5.74) is 0.828. The maximum Gasteiger partial charge on any atom is 0.407 e. The number of carbonyl (C=O) groups excluding carboxylic acids is 1. The van der Waals surface area contributed by atoms with Gasteiger partial charge >= 0.3 is 6.09 Å². The lowest BCUT2D eigenvalue weighted by molar-refractivity contribution is 0.115. The van der Waals surface area contributed by atoms with Crippen molar-refractivity contribution in [3.8, 4) is 11.8 Å². The van der Waals surface area contributed by atoms with Gasteiger partial charge in [-0.15, -0.1) is 11.3 Å². The largest absolute Gasteiger partial charge is 0.447 e. The highest BCUT2D eigenvalue weighted by Gasteiger charge is 2.07. The van der Waals surface area contributed by atoms with Gasteiger partial charge in [0.25, 0.3) is 0 Å². The van der Waals surface area contributed by atoms with Gasteiger partial charge in [0.15, 0.2) is 0 Å². The minimum Gasteiger partial charge on any atom is -0.447 e. The van der Waals surface area contributed by atoms with Gasteiger partial charge in [0.05, 0.1) is 12.6 Å². The molecule has 17 heavy (non-hydrogen) atoms. The van der Waals surface area contributed by atoms with Gasteiger partial charge in [0.2, 0.25) is 0 Å². The number of nitrogens with one attached hydrogen (secondary N) is 1. The van der Waals surface area contributed by atoms with Crippen LogP contribution in [0.5, 0.6) is 0 Å². The molecular formula is C12H15NO3S. The molecule has 2 N–H and O–H groups in total. The summed E-state index contributed by atoms with van der Waals surface area (Å²) in [6.07, 6.45) is -0.568. The van der Waals surface area contributed by atoms with Crippen LogP contribution in [0.15, 0.2) is 11.4 Å². The van der Waals surface area contributed by atoms with Crippen molar-refractivity contribution in [3.63, 3.8) is 0 Å². The quantitative estimate of drug-likeness (QED) is 0.806. The second-order valence-electron chi connectivity index (χ2n) is 3.52. The Hall–Kier alpha value is -1.51. The third-order valence-corrected chi connectivity index (χ3v) is 2.70. The van der Waals surface area contributed by atoms with E-state index in [0.717, 1.165) is 10.4 Å². The summed E-state index contributed by atoms with van der Waals surface area (Å²) in [7, 11) is 0.